The molecule has 0 spiro atoms. The molecule has 0 bridgehead atoms. The summed E-state index contributed by atoms with van der Waals surface area (Å²) in [7, 11) is 1.59. The number of benzene rings is 2. The van der Waals surface area contributed by atoms with E-state index in [-0.39, 0.29) is 6.03 Å². The van der Waals surface area contributed by atoms with E-state index >= 15 is 0 Å². The Hall–Kier alpha value is -3.22. The molecule has 3 amide bonds. The lowest BCUT2D eigenvalue weighted by Crippen LogP contribution is -2.30. The Morgan fingerprint density at radius 1 is 1.08 bits per heavy atom. The Bertz CT molecular complexity index is 760. The van der Waals surface area contributed by atoms with E-state index in [1.807, 2.05) is 25.1 Å². The summed E-state index contributed by atoms with van der Waals surface area (Å²) in [6.45, 7) is 2.94. The summed E-state index contributed by atoms with van der Waals surface area (Å²) in [5.41, 5.74) is 7.17. The molecule has 0 radical (unpaired) electrons. The lowest BCUT2D eigenvalue weighted by molar-refractivity contribution is 0.100. The van der Waals surface area contributed by atoms with Crippen LogP contribution in [-0.4, -0.2) is 32.2 Å². The van der Waals surface area contributed by atoms with Gasteiger partial charge < -0.3 is 25.8 Å². The largest absolute Gasteiger partial charge is 0.493 e. The number of amides is 3. The van der Waals surface area contributed by atoms with Crippen molar-refractivity contribution in [3.05, 3.63) is 53.6 Å². The molecule has 0 saturated carbocycles. The van der Waals surface area contributed by atoms with Crippen LogP contribution in [0.25, 0.3) is 0 Å². The molecule has 0 saturated heterocycles. The average Bonchev–Trinajstić information content (AvgIpc) is 2.63. The number of carbonyl (C=O) groups is 2. The molecule has 4 N–H and O–H groups in total. The Kier molecular flexibility index (Phi) is 6.84. The molecule has 2 aromatic carbocycles. The van der Waals surface area contributed by atoms with Crippen molar-refractivity contribution in [2.24, 2.45) is 5.73 Å². The number of primary amides is 1. The van der Waals surface area contributed by atoms with E-state index in [9.17, 15) is 9.59 Å². The van der Waals surface area contributed by atoms with Crippen LogP contribution in [0.3, 0.4) is 0 Å². The standard InChI is InChI=1S/C19H23N3O4/c1-3-26-16-9-4-13(12-17(16)25-2)10-11-21-19(24)22-15-7-5-14(6-8-15)18(20)23/h4-9,12H,3,10-11H2,1-2H3,(H2,20,23)(H2,21,22,24). The van der Waals surface area contributed by atoms with Gasteiger partial charge in [-0.3, -0.25) is 4.79 Å². The van der Waals surface area contributed by atoms with Gasteiger partial charge in [-0.25, -0.2) is 4.79 Å². The summed E-state index contributed by atoms with van der Waals surface area (Å²) in [4.78, 5) is 22.9. The summed E-state index contributed by atoms with van der Waals surface area (Å²) in [6, 6.07) is 11.7. The summed E-state index contributed by atoms with van der Waals surface area (Å²) in [5.74, 6) is 0.860. The molecular weight excluding hydrogens is 334 g/mol. The molecule has 0 fully saturated rings. The second kappa shape index (κ2) is 9.31. The van der Waals surface area contributed by atoms with E-state index in [0.717, 1.165) is 5.56 Å². The number of methoxy groups -OCH3 is 1. The van der Waals surface area contributed by atoms with Crippen LogP contribution in [-0.2, 0) is 6.42 Å². The lowest BCUT2D eigenvalue weighted by Gasteiger charge is -2.11. The second-order valence-corrected chi connectivity index (χ2v) is 5.49. The first-order chi connectivity index (χ1) is 12.5. The van der Waals surface area contributed by atoms with Crippen LogP contribution in [0.5, 0.6) is 11.5 Å². The molecule has 0 aromatic heterocycles. The molecule has 7 heteroatoms. The van der Waals surface area contributed by atoms with Gasteiger partial charge in [0.25, 0.3) is 0 Å². The van der Waals surface area contributed by atoms with Crippen LogP contribution in [0.15, 0.2) is 42.5 Å². The third-order valence-electron chi connectivity index (χ3n) is 3.65. The minimum Gasteiger partial charge on any atom is -0.493 e. The van der Waals surface area contributed by atoms with E-state index in [1.165, 1.54) is 0 Å². The smallest absolute Gasteiger partial charge is 0.319 e. The number of nitrogens with one attached hydrogen (secondary N) is 2. The molecule has 0 atom stereocenters. The molecule has 0 aliphatic rings. The quantitative estimate of drug-likeness (QED) is 0.675. The van der Waals surface area contributed by atoms with Crippen molar-refractivity contribution in [3.8, 4) is 11.5 Å². The highest BCUT2D eigenvalue weighted by Crippen LogP contribution is 2.28. The molecule has 7 nitrogen and oxygen atoms in total. The van der Waals surface area contributed by atoms with Gasteiger partial charge in [0, 0.05) is 17.8 Å². The number of rotatable bonds is 8. The van der Waals surface area contributed by atoms with Crippen LogP contribution in [0.1, 0.15) is 22.8 Å². The Labute approximate surface area is 152 Å². The highest BCUT2D eigenvalue weighted by molar-refractivity contribution is 5.94. The van der Waals surface area contributed by atoms with Gasteiger partial charge in [-0.05, 0) is 55.3 Å². The van der Waals surface area contributed by atoms with Crippen molar-refractivity contribution in [2.45, 2.75) is 13.3 Å². The van der Waals surface area contributed by atoms with Crippen molar-refractivity contribution in [3.63, 3.8) is 0 Å². The average molecular weight is 357 g/mol. The van der Waals surface area contributed by atoms with Crippen molar-refractivity contribution < 1.29 is 19.1 Å². The van der Waals surface area contributed by atoms with E-state index in [2.05, 4.69) is 10.6 Å². The fraction of sp³-hybridized carbons (Fsp3) is 0.263. The second-order valence-electron chi connectivity index (χ2n) is 5.49. The minimum atomic E-state index is -0.508. The van der Waals surface area contributed by atoms with Gasteiger partial charge in [-0.2, -0.15) is 0 Å². The number of hydrogen-bond donors (Lipinski definition) is 3. The maximum absolute atomic E-state index is 11.9. The van der Waals surface area contributed by atoms with Gasteiger partial charge in [0.15, 0.2) is 11.5 Å². The topological polar surface area (TPSA) is 103 Å². The van der Waals surface area contributed by atoms with Crippen molar-refractivity contribution in [1.29, 1.82) is 0 Å². The van der Waals surface area contributed by atoms with Gasteiger partial charge in [0.05, 0.1) is 13.7 Å². The third kappa shape index (κ3) is 5.41. The number of urea groups is 1. The van der Waals surface area contributed by atoms with Gasteiger partial charge in [-0.15, -0.1) is 0 Å². The minimum absolute atomic E-state index is 0.324. The van der Waals surface area contributed by atoms with E-state index < -0.39 is 5.91 Å². The first-order valence-electron chi connectivity index (χ1n) is 8.28. The third-order valence-corrected chi connectivity index (χ3v) is 3.65. The normalized spacial score (nSPS) is 10.1. The Morgan fingerprint density at radius 2 is 1.81 bits per heavy atom. The summed E-state index contributed by atoms with van der Waals surface area (Å²) >= 11 is 0. The first kappa shape index (κ1) is 19.1. The molecule has 0 unspecified atom stereocenters. The van der Waals surface area contributed by atoms with E-state index in [1.54, 1.807) is 31.4 Å². The predicted octanol–water partition coefficient (Wildman–Crippen LogP) is 2.56. The highest BCUT2D eigenvalue weighted by Gasteiger charge is 2.07. The SMILES string of the molecule is CCOc1ccc(CCNC(=O)Nc2ccc(C(N)=O)cc2)cc1OC. The van der Waals surface area contributed by atoms with Crippen molar-refractivity contribution in [2.75, 3.05) is 25.6 Å². The van der Waals surface area contributed by atoms with E-state index in [4.69, 9.17) is 15.2 Å². The van der Waals surface area contributed by atoms with Crippen LogP contribution in [0.4, 0.5) is 10.5 Å². The number of carbonyl (C=O) groups excluding carboxylic acids is 2. The zero-order chi connectivity index (χ0) is 18.9. The van der Waals surface area contributed by atoms with Gasteiger partial charge in [-0.1, -0.05) is 6.07 Å². The summed E-state index contributed by atoms with van der Waals surface area (Å²) in [5, 5.41) is 5.48. The van der Waals surface area contributed by atoms with Crippen LogP contribution >= 0.6 is 0 Å². The maximum Gasteiger partial charge on any atom is 0.319 e. The zero-order valence-electron chi connectivity index (χ0n) is 14.9. The zero-order valence-corrected chi connectivity index (χ0v) is 14.9. The Balaban J connectivity index is 1.83. The van der Waals surface area contributed by atoms with E-state index in [0.29, 0.717) is 42.3 Å². The molecule has 26 heavy (non-hydrogen) atoms. The van der Waals surface area contributed by atoms with Crippen molar-refractivity contribution >= 4 is 17.6 Å². The molecule has 0 aliphatic heterocycles. The monoisotopic (exact) mass is 357 g/mol. The first-order valence-corrected chi connectivity index (χ1v) is 8.28. The maximum atomic E-state index is 11.9. The number of nitrogens with two attached hydrogens (primary N) is 1. The molecule has 0 aliphatic carbocycles. The predicted molar refractivity (Wildman–Crippen MR) is 99.8 cm³/mol. The van der Waals surface area contributed by atoms with Crippen LogP contribution in [0, 0.1) is 0 Å². The highest BCUT2D eigenvalue weighted by atomic mass is 16.5. The number of anilines is 1. The van der Waals surface area contributed by atoms with Gasteiger partial charge >= 0.3 is 6.03 Å². The molecule has 0 heterocycles. The van der Waals surface area contributed by atoms with Crippen LogP contribution < -0.4 is 25.8 Å². The molecule has 2 aromatic rings. The van der Waals surface area contributed by atoms with Gasteiger partial charge in [0.2, 0.25) is 5.91 Å². The molecular formula is C19H23N3O4. The Morgan fingerprint density at radius 3 is 2.42 bits per heavy atom. The van der Waals surface area contributed by atoms with Crippen LogP contribution in [0.2, 0.25) is 0 Å². The fourth-order valence-electron chi connectivity index (χ4n) is 2.36. The molecule has 2 rings (SSSR count). The summed E-state index contributed by atoms with van der Waals surface area (Å²) in [6.07, 6.45) is 0.650. The number of ether oxygens (including phenoxy) is 2. The fourth-order valence-corrected chi connectivity index (χ4v) is 2.36. The lowest BCUT2D eigenvalue weighted by atomic mass is 10.1. The summed E-state index contributed by atoms with van der Waals surface area (Å²) < 4.78 is 10.8. The molecule has 138 valence electrons. The van der Waals surface area contributed by atoms with Crippen molar-refractivity contribution in [1.82, 2.24) is 5.32 Å². The van der Waals surface area contributed by atoms with Gasteiger partial charge in [0.1, 0.15) is 0 Å². The number of hydrogen-bond acceptors (Lipinski definition) is 4.